The van der Waals surface area contributed by atoms with Crippen LogP contribution in [0, 0.1) is 19.7 Å². The van der Waals surface area contributed by atoms with E-state index < -0.39 is 0 Å². The fourth-order valence-corrected chi connectivity index (χ4v) is 2.59. The zero-order chi connectivity index (χ0) is 18.5. The predicted molar refractivity (Wildman–Crippen MR) is 96.3 cm³/mol. The van der Waals surface area contributed by atoms with E-state index in [-0.39, 0.29) is 18.5 Å². The van der Waals surface area contributed by atoms with Gasteiger partial charge in [0.2, 0.25) is 0 Å². The lowest BCUT2D eigenvalue weighted by molar-refractivity contribution is 0.0944. The molecule has 0 bridgehead atoms. The van der Waals surface area contributed by atoms with Crippen LogP contribution in [0.1, 0.15) is 27.2 Å². The average molecular weight is 353 g/mol. The molecule has 0 aliphatic carbocycles. The molecule has 5 nitrogen and oxygen atoms in total. The van der Waals surface area contributed by atoms with Crippen LogP contribution in [-0.2, 0) is 13.3 Å². The summed E-state index contributed by atoms with van der Waals surface area (Å²) in [5, 5.41) is 6.97. The quantitative estimate of drug-likeness (QED) is 0.737. The molecule has 1 aromatic heterocycles. The van der Waals surface area contributed by atoms with Crippen LogP contribution in [0.15, 0.2) is 54.7 Å². The van der Waals surface area contributed by atoms with E-state index in [9.17, 15) is 9.18 Å². The molecule has 0 aliphatic heterocycles. The Bertz CT molecular complexity index is 883. The number of hydrogen-bond acceptors (Lipinski definition) is 3. The average Bonchev–Trinajstić information content (AvgIpc) is 3.07. The molecular weight excluding hydrogens is 333 g/mol. The number of carbonyl (C=O) groups excluding carboxylic acids is 1. The number of halogens is 1. The zero-order valence-corrected chi connectivity index (χ0v) is 14.7. The molecule has 0 saturated carbocycles. The maximum atomic E-state index is 12.9. The van der Waals surface area contributed by atoms with Crippen molar-refractivity contribution in [3.05, 3.63) is 82.9 Å². The van der Waals surface area contributed by atoms with Gasteiger partial charge in [-0.3, -0.25) is 4.79 Å². The first kappa shape index (κ1) is 17.7. The van der Waals surface area contributed by atoms with Crippen LogP contribution in [0.5, 0.6) is 5.75 Å². The fraction of sp³-hybridized carbons (Fsp3) is 0.200. The molecular formula is C20H20FN3O2. The van der Waals surface area contributed by atoms with Crippen molar-refractivity contribution >= 4 is 5.91 Å². The fourth-order valence-electron chi connectivity index (χ4n) is 2.59. The Kier molecular flexibility index (Phi) is 5.31. The normalized spacial score (nSPS) is 10.6. The van der Waals surface area contributed by atoms with E-state index >= 15 is 0 Å². The van der Waals surface area contributed by atoms with Gasteiger partial charge in [0, 0.05) is 12.7 Å². The van der Waals surface area contributed by atoms with Gasteiger partial charge in [0.25, 0.3) is 5.91 Å². The summed E-state index contributed by atoms with van der Waals surface area (Å²) < 4.78 is 20.2. The Hall–Kier alpha value is -3.15. The van der Waals surface area contributed by atoms with Crippen molar-refractivity contribution in [2.45, 2.75) is 27.1 Å². The third kappa shape index (κ3) is 4.69. The number of carbonyl (C=O) groups is 1. The maximum absolute atomic E-state index is 12.9. The van der Waals surface area contributed by atoms with Crippen LogP contribution >= 0.6 is 0 Å². The van der Waals surface area contributed by atoms with Crippen molar-refractivity contribution < 1.29 is 13.9 Å². The highest BCUT2D eigenvalue weighted by Gasteiger charge is 2.09. The summed E-state index contributed by atoms with van der Waals surface area (Å²) in [6.07, 6.45) is 1.69. The molecule has 3 aromatic rings. The number of ether oxygens (including phenoxy) is 1. The van der Waals surface area contributed by atoms with E-state index in [1.165, 1.54) is 12.1 Å². The minimum atomic E-state index is -0.303. The second kappa shape index (κ2) is 7.82. The lowest BCUT2D eigenvalue weighted by Crippen LogP contribution is -2.23. The summed E-state index contributed by atoms with van der Waals surface area (Å²) in [7, 11) is 0. The van der Waals surface area contributed by atoms with Crippen LogP contribution < -0.4 is 10.1 Å². The third-order valence-electron chi connectivity index (χ3n) is 3.80. The SMILES string of the molecule is Cc1cc(C)cc(OCn2ccc(C(=O)NCc3ccc(F)cc3)n2)c1. The summed E-state index contributed by atoms with van der Waals surface area (Å²) >= 11 is 0. The molecule has 0 unspecified atom stereocenters. The molecule has 26 heavy (non-hydrogen) atoms. The van der Waals surface area contributed by atoms with Crippen LogP contribution in [0.3, 0.4) is 0 Å². The van der Waals surface area contributed by atoms with Crippen LogP contribution in [0.25, 0.3) is 0 Å². The maximum Gasteiger partial charge on any atom is 0.272 e. The molecule has 3 rings (SSSR count). The summed E-state index contributed by atoms with van der Waals surface area (Å²) in [4.78, 5) is 12.2. The molecule has 0 radical (unpaired) electrons. The highest BCUT2D eigenvalue weighted by Crippen LogP contribution is 2.16. The predicted octanol–water partition coefficient (Wildman–Crippen LogP) is 3.61. The van der Waals surface area contributed by atoms with Crippen molar-refractivity contribution in [1.29, 1.82) is 0 Å². The molecule has 0 aliphatic rings. The second-order valence-corrected chi connectivity index (χ2v) is 6.15. The van der Waals surface area contributed by atoms with Gasteiger partial charge in [0.1, 0.15) is 17.3 Å². The second-order valence-electron chi connectivity index (χ2n) is 6.15. The minimum absolute atomic E-state index is 0.216. The minimum Gasteiger partial charge on any atom is -0.471 e. The monoisotopic (exact) mass is 353 g/mol. The first-order valence-electron chi connectivity index (χ1n) is 8.27. The summed E-state index contributed by atoms with van der Waals surface area (Å²) in [5.74, 6) is 0.169. The number of hydrogen-bond donors (Lipinski definition) is 1. The van der Waals surface area contributed by atoms with E-state index in [0.717, 1.165) is 22.4 Å². The van der Waals surface area contributed by atoms with Crippen molar-refractivity contribution in [3.63, 3.8) is 0 Å². The highest BCUT2D eigenvalue weighted by molar-refractivity contribution is 5.92. The topological polar surface area (TPSA) is 56.1 Å². The van der Waals surface area contributed by atoms with Gasteiger partial charge in [0.05, 0.1) is 0 Å². The molecule has 134 valence electrons. The van der Waals surface area contributed by atoms with Gasteiger partial charge >= 0.3 is 0 Å². The smallest absolute Gasteiger partial charge is 0.272 e. The largest absolute Gasteiger partial charge is 0.471 e. The number of nitrogens with zero attached hydrogens (tertiary/aromatic N) is 2. The van der Waals surface area contributed by atoms with Gasteiger partial charge in [-0.2, -0.15) is 5.10 Å². The van der Waals surface area contributed by atoms with E-state index in [1.807, 2.05) is 26.0 Å². The molecule has 2 aromatic carbocycles. The number of aryl methyl sites for hydroxylation is 2. The van der Waals surface area contributed by atoms with E-state index in [4.69, 9.17) is 4.74 Å². The van der Waals surface area contributed by atoms with Crippen LogP contribution in [-0.4, -0.2) is 15.7 Å². The molecule has 0 atom stereocenters. The Morgan fingerprint density at radius 2 is 1.81 bits per heavy atom. The van der Waals surface area contributed by atoms with E-state index in [0.29, 0.717) is 12.2 Å². The van der Waals surface area contributed by atoms with E-state index in [2.05, 4.69) is 16.5 Å². The van der Waals surface area contributed by atoms with Crippen molar-refractivity contribution in [2.24, 2.45) is 0 Å². The van der Waals surface area contributed by atoms with E-state index in [1.54, 1.807) is 29.1 Å². The van der Waals surface area contributed by atoms with Gasteiger partial charge in [-0.25, -0.2) is 9.07 Å². The molecule has 0 fully saturated rings. The third-order valence-corrected chi connectivity index (χ3v) is 3.80. The molecule has 1 N–H and O–H groups in total. The molecule has 6 heteroatoms. The lowest BCUT2D eigenvalue weighted by atomic mass is 10.1. The summed E-state index contributed by atoms with van der Waals surface area (Å²) in [5.41, 5.74) is 3.37. The van der Waals surface area contributed by atoms with Gasteiger partial charge in [-0.15, -0.1) is 0 Å². The van der Waals surface area contributed by atoms with Crippen molar-refractivity contribution in [2.75, 3.05) is 0 Å². The summed E-state index contributed by atoms with van der Waals surface area (Å²) in [6, 6.07) is 13.6. The van der Waals surface area contributed by atoms with Crippen molar-refractivity contribution in [3.8, 4) is 5.75 Å². The first-order chi connectivity index (χ1) is 12.5. The Morgan fingerprint density at radius 3 is 2.50 bits per heavy atom. The number of benzene rings is 2. The Morgan fingerprint density at radius 1 is 1.12 bits per heavy atom. The lowest BCUT2D eigenvalue weighted by Gasteiger charge is -2.08. The standard InChI is InChI=1S/C20H20FN3O2/c1-14-9-15(2)11-18(10-14)26-13-24-8-7-19(23-24)20(25)22-12-16-3-5-17(21)6-4-16/h3-11H,12-13H2,1-2H3,(H,22,25). The Balaban J connectivity index is 1.54. The number of aromatic nitrogens is 2. The van der Waals surface area contributed by atoms with Crippen LogP contribution in [0.2, 0.25) is 0 Å². The Labute approximate surface area is 151 Å². The van der Waals surface area contributed by atoms with Gasteiger partial charge in [0.15, 0.2) is 6.73 Å². The number of nitrogens with one attached hydrogen (secondary N) is 1. The molecule has 1 amide bonds. The molecule has 1 heterocycles. The van der Waals surface area contributed by atoms with Gasteiger partial charge < -0.3 is 10.1 Å². The highest BCUT2D eigenvalue weighted by atomic mass is 19.1. The van der Waals surface area contributed by atoms with Gasteiger partial charge in [-0.05, 0) is 60.9 Å². The zero-order valence-electron chi connectivity index (χ0n) is 14.7. The number of amides is 1. The van der Waals surface area contributed by atoms with Crippen molar-refractivity contribution in [1.82, 2.24) is 15.1 Å². The molecule has 0 spiro atoms. The van der Waals surface area contributed by atoms with Crippen LogP contribution in [0.4, 0.5) is 4.39 Å². The number of rotatable bonds is 6. The first-order valence-corrected chi connectivity index (χ1v) is 8.27. The molecule has 0 saturated heterocycles. The summed E-state index contributed by atoms with van der Waals surface area (Å²) in [6.45, 7) is 4.55. The van der Waals surface area contributed by atoms with Gasteiger partial charge in [-0.1, -0.05) is 18.2 Å².